The van der Waals surface area contributed by atoms with E-state index in [1.807, 2.05) is 0 Å². The molecule has 2 atom stereocenters. The summed E-state index contributed by atoms with van der Waals surface area (Å²) in [7, 11) is 0. The Morgan fingerprint density at radius 2 is 1.82 bits per heavy atom. The van der Waals surface area contributed by atoms with E-state index in [2.05, 4.69) is 28.7 Å². The summed E-state index contributed by atoms with van der Waals surface area (Å²) in [5.41, 5.74) is 0.131. The van der Waals surface area contributed by atoms with Crippen molar-refractivity contribution in [2.24, 2.45) is 0 Å². The Hall–Kier alpha value is -1.65. The highest BCUT2D eigenvalue weighted by Gasteiger charge is 2.26. The minimum absolute atomic E-state index is 0.131. The number of carbonyl (C=O) groups is 1. The number of hydrogen-bond acceptors (Lipinski definition) is 4. The van der Waals surface area contributed by atoms with E-state index < -0.39 is 5.97 Å². The molecule has 5 heteroatoms. The van der Waals surface area contributed by atoms with Crippen LogP contribution in [0, 0.1) is 0 Å². The van der Waals surface area contributed by atoms with Crippen LogP contribution in [0.1, 0.15) is 43.5 Å². The zero-order chi connectivity index (χ0) is 12.4. The molecule has 0 spiro atoms. The van der Waals surface area contributed by atoms with Crippen LogP contribution in [0.3, 0.4) is 0 Å². The Balaban J connectivity index is 2.23. The maximum absolute atomic E-state index is 10.7. The summed E-state index contributed by atoms with van der Waals surface area (Å²) in [5, 5.41) is 8.80. The van der Waals surface area contributed by atoms with Gasteiger partial charge < -0.3 is 10.0 Å². The Morgan fingerprint density at radius 3 is 2.29 bits per heavy atom. The van der Waals surface area contributed by atoms with E-state index in [4.69, 9.17) is 5.11 Å². The Kier molecular flexibility index (Phi) is 3.26. The highest BCUT2D eigenvalue weighted by molar-refractivity contribution is 5.86. The van der Waals surface area contributed by atoms with Crippen molar-refractivity contribution < 1.29 is 9.90 Å². The smallest absolute Gasteiger partial charge is 0.338 e. The lowest BCUT2D eigenvalue weighted by atomic mass is 9.98. The Morgan fingerprint density at radius 1 is 1.29 bits per heavy atom. The quantitative estimate of drug-likeness (QED) is 0.848. The van der Waals surface area contributed by atoms with Gasteiger partial charge in [-0.15, -0.1) is 0 Å². The summed E-state index contributed by atoms with van der Waals surface area (Å²) >= 11 is 0. The van der Waals surface area contributed by atoms with Gasteiger partial charge in [-0.25, -0.2) is 14.8 Å². The number of carboxylic acids is 1. The van der Waals surface area contributed by atoms with Crippen molar-refractivity contribution in [3.05, 3.63) is 18.0 Å². The third-order valence-electron chi connectivity index (χ3n) is 3.31. The van der Waals surface area contributed by atoms with Crippen LogP contribution in [0.15, 0.2) is 12.4 Å². The first-order valence-corrected chi connectivity index (χ1v) is 5.93. The summed E-state index contributed by atoms with van der Waals surface area (Å²) in [6.45, 7) is 4.31. The van der Waals surface area contributed by atoms with Crippen LogP contribution in [0.4, 0.5) is 5.95 Å². The van der Waals surface area contributed by atoms with Crippen molar-refractivity contribution in [2.45, 2.75) is 45.2 Å². The molecule has 2 heterocycles. The van der Waals surface area contributed by atoms with E-state index in [9.17, 15) is 4.79 Å². The van der Waals surface area contributed by atoms with Gasteiger partial charge >= 0.3 is 5.97 Å². The fourth-order valence-electron chi connectivity index (χ4n) is 2.38. The highest BCUT2D eigenvalue weighted by Crippen LogP contribution is 2.26. The van der Waals surface area contributed by atoms with E-state index in [0.29, 0.717) is 18.0 Å². The van der Waals surface area contributed by atoms with Crippen LogP contribution in [0.2, 0.25) is 0 Å². The van der Waals surface area contributed by atoms with E-state index >= 15 is 0 Å². The fourth-order valence-corrected chi connectivity index (χ4v) is 2.38. The van der Waals surface area contributed by atoms with Crippen LogP contribution >= 0.6 is 0 Å². The SMILES string of the molecule is CC1CCCC(C)N1c1ncc(C(=O)O)cn1. The second-order valence-corrected chi connectivity index (χ2v) is 4.61. The molecule has 0 aliphatic carbocycles. The number of piperidine rings is 1. The van der Waals surface area contributed by atoms with Crippen LogP contribution < -0.4 is 4.90 Å². The van der Waals surface area contributed by atoms with E-state index in [0.717, 1.165) is 12.8 Å². The number of carboxylic acid groups (broad SMARTS) is 1. The highest BCUT2D eigenvalue weighted by atomic mass is 16.4. The minimum atomic E-state index is -0.990. The van der Waals surface area contributed by atoms with E-state index in [1.165, 1.54) is 18.8 Å². The van der Waals surface area contributed by atoms with Gasteiger partial charge in [0.1, 0.15) is 0 Å². The lowest BCUT2D eigenvalue weighted by Crippen LogP contribution is -2.44. The molecule has 0 amide bonds. The number of aromatic carboxylic acids is 1. The molecule has 2 rings (SSSR count). The van der Waals surface area contributed by atoms with Gasteiger partial charge in [-0.2, -0.15) is 0 Å². The number of aromatic nitrogens is 2. The monoisotopic (exact) mass is 235 g/mol. The topological polar surface area (TPSA) is 66.3 Å². The van der Waals surface area contributed by atoms with Crippen LogP contribution in [0.5, 0.6) is 0 Å². The molecule has 17 heavy (non-hydrogen) atoms. The summed E-state index contributed by atoms with van der Waals surface area (Å²) in [4.78, 5) is 21.2. The van der Waals surface area contributed by atoms with Gasteiger partial charge in [0.15, 0.2) is 0 Å². The van der Waals surface area contributed by atoms with Gasteiger partial charge in [0.2, 0.25) is 5.95 Å². The third-order valence-corrected chi connectivity index (χ3v) is 3.31. The normalized spacial score (nSPS) is 24.7. The van der Waals surface area contributed by atoms with Gasteiger partial charge in [0.25, 0.3) is 0 Å². The average molecular weight is 235 g/mol. The lowest BCUT2D eigenvalue weighted by Gasteiger charge is -2.38. The molecule has 1 aromatic rings. The molecule has 0 saturated carbocycles. The summed E-state index contributed by atoms with van der Waals surface area (Å²) in [6, 6.07) is 0.823. The van der Waals surface area contributed by atoms with Crippen LogP contribution in [-0.2, 0) is 0 Å². The molecule has 0 radical (unpaired) electrons. The minimum Gasteiger partial charge on any atom is -0.478 e. The summed E-state index contributed by atoms with van der Waals surface area (Å²) < 4.78 is 0. The maximum Gasteiger partial charge on any atom is 0.338 e. The third kappa shape index (κ3) is 2.38. The maximum atomic E-state index is 10.7. The molecule has 2 unspecified atom stereocenters. The van der Waals surface area contributed by atoms with Crippen molar-refractivity contribution in [2.75, 3.05) is 4.90 Å². The van der Waals surface area contributed by atoms with Crippen molar-refractivity contribution >= 4 is 11.9 Å². The standard InChI is InChI=1S/C12H17N3O2/c1-8-4-3-5-9(2)15(8)12-13-6-10(7-14-12)11(16)17/h6-9H,3-5H2,1-2H3,(H,16,17). The first kappa shape index (κ1) is 11.8. The molecule has 1 aliphatic rings. The summed E-state index contributed by atoms with van der Waals surface area (Å²) in [6.07, 6.45) is 6.24. The summed E-state index contributed by atoms with van der Waals surface area (Å²) in [5.74, 6) is -0.356. The fraction of sp³-hybridized carbons (Fsp3) is 0.583. The first-order valence-electron chi connectivity index (χ1n) is 5.93. The molecule has 1 aliphatic heterocycles. The molecule has 92 valence electrons. The van der Waals surface area contributed by atoms with E-state index in [-0.39, 0.29) is 5.56 Å². The van der Waals surface area contributed by atoms with Gasteiger partial charge in [-0.05, 0) is 33.1 Å². The number of rotatable bonds is 2. The zero-order valence-electron chi connectivity index (χ0n) is 10.1. The predicted molar refractivity (Wildman–Crippen MR) is 64.2 cm³/mol. The second-order valence-electron chi connectivity index (χ2n) is 4.61. The first-order chi connectivity index (χ1) is 8.09. The van der Waals surface area contributed by atoms with Crippen molar-refractivity contribution in [3.63, 3.8) is 0 Å². The number of nitrogens with zero attached hydrogens (tertiary/aromatic N) is 3. The Bertz CT molecular complexity index is 395. The molecule has 1 saturated heterocycles. The zero-order valence-corrected chi connectivity index (χ0v) is 10.1. The molecular formula is C12H17N3O2. The second kappa shape index (κ2) is 4.69. The van der Waals surface area contributed by atoms with Gasteiger partial charge in [0.05, 0.1) is 5.56 Å². The molecular weight excluding hydrogens is 218 g/mol. The van der Waals surface area contributed by atoms with Gasteiger partial charge in [-0.1, -0.05) is 0 Å². The molecule has 1 N–H and O–H groups in total. The van der Waals surface area contributed by atoms with Gasteiger partial charge in [0, 0.05) is 24.5 Å². The Labute approximate surface area is 100 Å². The largest absolute Gasteiger partial charge is 0.478 e. The molecule has 1 aromatic heterocycles. The van der Waals surface area contributed by atoms with Gasteiger partial charge in [-0.3, -0.25) is 0 Å². The molecule has 0 bridgehead atoms. The van der Waals surface area contributed by atoms with Crippen LogP contribution in [0.25, 0.3) is 0 Å². The van der Waals surface area contributed by atoms with Crippen molar-refractivity contribution in [3.8, 4) is 0 Å². The molecule has 0 aromatic carbocycles. The average Bonchev–Trinajstić information content (AvgIpc) is 2.29. The molecule has 1 fully saturated rings. The van der Waals surface area contributed by atoms with E-state index in [1.54, 1.807) is 0 Å². The van der Waals surface area contributed by atoms with Crippen molar-refractivity contribution in [1.29, 1.82) is 0 Å². The lowest BCUT2D eigenvalue weighted by molar-refractivity contribution is 0.0696. The molecule has 5 nitrogen and oxygen atoms in total. The number of anilines is 1. The number of hydrogen-bond donors (Lipinski definition) is 1. The van der Waals surface area contributed by atoms with Crippen LogP contribution in [-0.4, -0.2) is 33.1 Å². The van der Waals surface area contributed by atoms with Crippen molar-refractivity contribution in [1.82, 2.24) is 9.97 Å². The predicted octanol–water partition coefficient (Wildman–Crippen LogP) is 1.94.